The van der Waals surface area contributed by atoms with Gasteiger partial charge in [-0.1, -0.05) is 67.5 Å². The van der Waals surface area contributed by atoms with Gasteiger partial charge in [-0.05, 0) is 79.9 Å². The summed E-state index contributed by atoms with van der Waals surface area (Å²) >= 11 is 0. The lowest BCUT2D eigenvalue weighted by Gasteiger charge is -2.32. The number of phenols is 1. The van der Waals surface area contributed by atoms with Crippen LogP contribution in [0.5, 0.6) is 5.75 Å². The van der Waals surface area contributed by atoms with Gasteiger partial charge in [-0.25, -0.2) is 0 Å². The smallest absolute Gasteiger partial charge is 0.245 e. The van der Waals surface area contributed by atoms with Gasteiger partial charge in [0.05, 0.1) is 0 Å². The molecule has 51 heavy (non-hydrogen) atoms. The molecule has 0 aromatic heterocycles. The Kier molecular flexibility index (Phi) is 15.3. The molecule has 13 nitrogen and oxygen atoms in total. The number of amides is 6. The van der Waals surface area contributed by atoms with E-state index in [4.69, 9.17) is 0 Å². The molecule has 0 radical (unpaired) electrons. The molecule has 2 aliphatic rings. The largest absolute Gasteiger partial charge is 0.508 e. The van der Waals surface area contributed by atoms with Gasteiger partial charge < -0.3 is 36.6 Å². The number of carbonyl (C=O) groups excluding carboxylic acids is 6. The molecule has 13 heteroatoms. The molecular weight excluding hydrogens is 652 g/mol. The lowest BCUT2D eigenvalue weighted by molar-refractivity contribution is -0.143. The van der Waals surface area contributed by atoms with Gasteiger partial charge in [0.1, 0.15) is 42.0 Å². The molecule has 6 amide bonds. The van der Waals surface area contributed by atoms with E-state index in [1.54, 1.807) is 12.1 Å². The van der Waals surface area contributed by atoms with E-state index in [-0.39, 0.29) is 48.7 Å². The zero-order valence-electron chi connectivity index (χ0n) is 31.6. The minimum absolute atomic E-state index is 0.000719. The Hall–Kier alpha value is -4.16. The van der Waals surface area contributed by atoms with E-state index in [0.717, 1.165) is 0 Å². The van der Waals surface area contributed by atoms with Gasteiger partial charge in [-0.15, -0.1) is 0 Å². The molecule has 6 atom stereocenters. The van der Waals surface area contributed by atoms with Crippen LogP contribution in [0.25, 0.3) is 0 Å². The summed E-state index contributed by atoms with van der Waals surface area (Å²) in [5, 5.41) is 24.1. The summed E-state index contributed by atoms with van der Waals surface area (Å²) in [6.45, 7) is 15.7. The molecule has 2 fully saturated rings. The van der Waals surface area contributed by atoms with E-state index >= 15 is 0 Å². The number of phenolic OH excluding ortho intramolecular Hbond substituents is 1. The Labute approximate surface area is 302 Å². The summed E-state index contributed by atoms with van der Waals surface area (Å²) in [6, 6.07) is 0.287. The fourth-order valence-corrected chi connectivity index (χ4v) is 6.74. The standard InChI is InChI=1S/C38H60N6O7/c1-21(2)16-27-33(46)40-29(18-23(5)6)35(48)43-31(19-24(7)8)38(51)44-15-9-10-32(44)37(50)42-30(20-25-11-13-26(45)14-12-25)36(49)41-28(17-22(3)4)34(47)39-27/h11-14,21-24,27-32,45H,9-10,15-20H2,1-8H3,(H,39,47)(H,40,46)(H,41,49)(H,42,50)(H,43,48)/t27-,28+,29-,30-,31-,32+/m0/s1. The van der Waals surface area contributed by atoms with Gasteiger partial charge in [0, 0.05) is 13.0 Å². The first kappa shape index (κ1) is 41.3. The number of nitrogens with one attached hydrogen (secondary N) is 5. The minimum atomic E-state index is -1.13. The highest BCUT2D eigenvalue weighted by molar-refractivity contribution is 5.98. The van der Waals surface area contributed by atoms with Crippen LogP contribution in [0.4, 0.5) is 0 Å². The van der Waals surface area contributed by atoms with Crippen molar-refractivity contribution < 1.29 is 33.9 Å². The van der Waals surface area contributed by atoms with E-state index in [1.807, 2.05) is 55.4 Å². The zero-order valence-corrected chi connectivity index (χ0v) is 31.6. The molecule has 2 aliphatic heterocycles. The van der Waals surface area contributed by atoms with Crippen molar-refractivity contribution in [1.82, 2.24) is 31.5 Å². The van der Waals surface area contributed by atoms with Crippen molar-refractivity contribution >= 4 is 35.4 Å². The first-order valence-corrected chi connectivity index (χ1v) is 18.5. The van der Waals surface area contributed by atoms with Gasteiger partial charge in [0.15, 0.2) is 0 Å². The van der Waals surface area contributed by atoms with E-state index in [1.165, 1.54) is 17.0 Å². The Morgan fingerprint density at radius 2 is 0.941 bits per heavy atom. The van der Waals surface area contributed by atoms with Crippen LogP contribution in [0.3, 0.4) is 0 Å². The van der Waals surface area contributed by atoms with Crippen LogP contribution >= 0.6 is 0 Å². The van der Waals surface area contributed by atoms with E-state index < -0.39 is 71.7 Å². The van der Waals surface area contributed by atoms with Crippen LogP contribution in [-0.4, -0.2) is 88.2 Å². The summed E-state index contributed by atoms with van der Waals surface area (Å²) in [5.74, 6) is -3.03. The van der Waals surface area contributed by atoms with Crippen LogP contribution in [0.15, 0.2) is 24.3 Å². The van der Waals surface area contributed by atoms with Crippen LogP contribution in [0.2, 0.25) is 0 Å². The van der Waals surface area contributed by atoms with Crippen LogP contribution < -0.4 is 26.6 Å². The predicted octanol–water partition coefficient (Wildman–Crippen LogP) is 2.55. The topological polar surface area (TPSA) is 186 Å². The maximum atomic E-state index is 14.2. The summed E-state index contributed by atoms with van der Waals surface area (Å²) in [4.78, 5) is 85.3. The van der Waals surface area contributed by atoms with Gasteiger partial charge in [-0.2, -0.15) is 0 Å². The van der Waals surface area contributed by atoms with Crippen molar-refractivity contribution in [1.29, 1.82) is 0 Å². The highest BCUT2D eigenvalue weighted by Crippen LogP contribution is 2.22. The summed E-state index contributed by atoms with van der Waals surface area (Å²) in [6.07, 6.45) is 2.12. The third kappa shape index (κ3) is 12.5. The van der Waals surface area contributed by atoms with Crippen molar-refractivity contribution in [3.8, 4) is 5.75 Å². The Balaban J connectivity index is 2.11. The predicted molar refractivity (Wildman–Crippen MR) is 194 cm³/mol. The molecule has 0 aliphatic carbocycles. The average Bonchev–Trinajstić information content (AvgIpc) is 3.52. The molecule has 1 aromatic carbocycles. The number of carbonyl (C=O) groups is 6. The molecule has 0 saturated carbocycles. The molecular formula is C38H60N6O7. The number of fused-ring (bicyclic) bond motifs is 1. The highest BCUT2D eigenvalue weighted by atomic mass is 16.3. The quantitative estimate of drug-likeness (QED) is 0.215. The summed E-state index contributed by atoms with van der Waals surface area (Å²) < 4.78 is 0. The molecule has 2 saturated heterocycles. The lowest BCUT2D eigenvalue weighted by Crippen LogP contribution is -2.61. The van der Waals surface area contributed by atoms with Crippen LogP contribution in [-0.2, 0) is 35.2 Å². The average molecular weight is 713 g/mol. The molecule has 284 valence electrons. The maximum Gasteiger partial charge on any atom is 0.245 e. The first-order valence-electron chi connectivity index (χ1n) is 18.5. The number of rotatable bonds is 10. The summed E-state index contributed by atoms with van der Waals surface area (Å²) in [5.41, 5.74) is 0.656. The number of nitrogens with zero attached hydrogens (tertiary/aromatic N) is 1. The number of aromatic hydroxyl groups is 1. The minimum Gasteiger partial charge on any atom is -0.508 e. The zero-order chi connectivity index (χ0) is 38.0. The van der Waals surface area contributed by atoms with Crippen molar-refractivity contribution in [2.75, 3.05) is 6.54 Å². The molecule has 2 heterocycles. The first-order chi connectivity index (χ1) is 23.9. The fourth-order valence-electron chi connectivity index (χ4n) is 6.74. The summed E-state index contributed by atoms with van der Waals surface area (Å²) in [7, 11) is 0. The number of hydrogen-bond donors (Lipinski definition) is 6. The van der Waals surface area contributed by atoms with Gasteiger partial charge >= 0.3 is 0 Å². The van der Waals surface area contributed by atoms with E-state index in [9.17, 15) is 33.9 Å². The lowest BCUT2D eigenvalue weighted by atomic mass is 9.97. The molecule has 1 aromatic rings. The third-order valence-corrected chi connectivity index (χ3v) is 9.19. The Morgan fingerprint density at radius 1 is 0.569 bits per heavy atom. The van der Waals surface area contributed by atoms with Crippen LogP contribution in [0, 0.1) is 23.7 Å². The molecule has 3 rings (SSSR count). The van der Waals surface area contributed by atoms with E-state index in [2.05, 4.69) is 26.6 Å². The Morgan fingerprint density at radius 3 is 1.37 bits per heavy atom. The van der Waals surface area contributed by atoms with E-state index in [0.29, 0.717) is 37.8 Å². The molecule has 6 N–H and O–H groups in total. The van der Waals surface area contributed by atoms with Gasteiger partial charge in [0.2, 0.25) is 35.4 Å². The monoisotopic (exact) mass is 712 g/mol. The maximum absolute atomic E-state index is 14.2. The SMILES string of the molecule is CC(C)C[C@@H]1NC(=O)[C@H](CC(C)C)NC(=O)[C@@H](CC(C)C)NC(=O)[C@H](Cc2ccc(O)cc2)NC(=O)[C@H]2CCCN2C(=O)[C@H](CC(C)C)NC1=O. The second-order valence-electron chi connectivity index (χ2n) is 15.9. The second-order valence-corrected chi connectivity index (χ2v) is 15.9. The van der Waals surface area contributed by atoms with Gasteiger partial charge in [-0.3, -0.25) is 28.8 Å². The fraction of sp³-hybridized carbons (Fsp3) is 0.684. The second kappa shape index (κ2) is 18.9. The number of benzene rings is 1. The Bertz CT molecular complexity index is 1380. The van der Waals surface area contributed by atoms with Crippen molar-refractivity contribution in [3.63, 3.8) is 0 Å². The molecule has 0 unspecified atom stereocenters. The number of hydrogen-bond acceptors (Lipinski definition) is 7. The van der Waals surface area contributed by atoms with Crippen LogP contribution in [0.1, 0.15) is 99.5 Å². The van der Waals surface area contributed by atoms with Gasteiger partial charge in [0.25, 0.3) is 0 Å². The van der Waals surface area contributed by atoms with Crippen molar-refractivity contribution in [3.05, 3.63) is 29.8 Å². The highest BCUT2D eigenvalue weighted by Gasteiger charge is 2.41. The normalized spacial score (nSPS) is 26.0. The molecule has 0 spiro atoms. The van der Waals surface area contributed by atoms with Crippen molar-refractivity contribution in [2.24, 2.45) is 23.7 Å². The van der Waals surface area contributed by atoms with Crippen molar-refractivity contribution in [2.45, 2.75) is 137 Å². The molecule has 0 bridgehead atoms. The third-order valence-electron chi connectivity index (χ3n) is 9.19.